The van der Waals surface area contributed by atoms with Crippen molar-refractivity contribution in [3.8, 4) is 0 Å². The zero-order valence-electron chi connectivity index (χ0n) is 7.06. The molecular formula is C6H15O5S-. The molecule has 2 N–H and O–H groups in total. The van der Waals surface area contributed by atoms with Gasteiger partial charge in [-0.3, -0.25) is 0 Å². The van der Waals surface area contributed by atoms with Crippen molar-refractivity contribution in [3.05, 3.63) is 0 Å². The Morgan fingerprint density at radius 2 is 1.58 bits per heavy atom. The topological polar surface area (TPSA) is 89.8 Å². The fourth-order valence-electron chi connectivity index (χ4n) is 0.400. The van der Waals surface area contributed by atoms with Crippen molar-refractivity contribution < 1.29 is 23.2 Å². The van der Waals surface area contributed by atoms with Gasteiger partial charge in [-0.15, -0.1) is 0 Å². The van der Waals surface area contributed by atoms with Crippen LogP contribution in [0.4, 0.5) is 0 Å². The van der Waals surface area contributed by atoms with Crippen LogP contribution in [0.2, 0.25) is 0 Å². The van der Waals surface area contributed by atoms with Crippen molar-refractivity contribution in [2.45, 2.75) is 19.3 Å². The van der Waals surface area contributed by atoms with Gasteiger partial charge in [0.25, 0.3) is 0 Å². The van der Waals surface area contributed by atoms with Crippen LogP contribution in [0.15, 0.2) is 0 Å². The highest BCUT2D eigenvalue weighted by molar-refractivity contribution is 7.74. The summed E-state index contributed by atoms with van der Waals surface area (Å²) in [4.78, 5) is 0. The Kier molecular flexibility index (Phi) is 16.4. The molecule has 0 aliphatic rings. The number of hydrogen-bond acceptors (Lipinski definition) is 5. The molecule has 0 aliphatic heterocycles. The van der Waals surface area contributed by atoms with Crippen molar-refractivity contribution >= 4 is 11.4 Å². The quantitative estimate of drug-likeness (QED) is 0.463. The van der Waals surface area contributed by atoms with Crippen molar-refractivity contribution in [3.63, 3.8) is 0 Å². The Morgan fingerprint density at radius 3 is 1.75 bits per heavy atom. The highest BCUT2D eigenvalue weighted by Crippen LogP contribution is 1.90. The van der Waals surface area contributed by atoms with Gasteiger partial charge in [0, 0.05) is 13.2 Å². The lowest BCUT2D eigenvalue weighted by molar-refractivity contribution is 0.257. The van der Waals surface area contributed by atoms with Crippen LogP contribution >= 0.6 is 0 Å². The van der Waals surface area contributed by atoms with Crippen LogP contribution in [-0.4, -0.2) is 39.3 Å². The van der Waals surface area contributed by atoms with Crippen LogP contribution in [0.5, 0.6) is 0 Å². The number of hydrogen-bond donors (Lipinski definition) is 2. The van der Waals surface area contributed by atoms with Crippen LogP contribution < -0.4 is 0 Å². The summed E-state index contributed by atoms with van der Waals surface area (Å²) in [6.45, 7) is 0.500. The van der Waals surface area contributed by atoms with E-state index in [2.05, 4.69) is 4.18 Å². The molecule has 76 valence electrons. The Labute approximate surface area is 74.9 Å². The fourth-order valence-corrected chi connectivity index (χ4v) is 0.400. The van der Waals surface area contributed by atoms with E-state index in [1.54, 1.807) is 0 Å². The lowest BCUT2D eigenvalue weighted by Gasteiger charge is -1.94. The van der Waals surface area contributed by atoms with E-state index in [1.807, 2.05) is 0 Å². The summed E-state index contributed by atoms with van der Waals surface area (Å²) in [5.41, 5.74) is 0. The molecule has 0 fully saturated rings. The van der Waals surface area contributed by atoms with Gasteiger partial charge in [0.1, 0.15) is 0 Å². The molecular weight excluding hydrogens is 184 g/mol. The van der Waals surface area contributed by atoms with Gasteiger partial charge in [-0.25, -0.2) is 4.21 Å². The van der Waals surface area contributed by atoms with Crippen molar-refractivity contribution in [2.24, 2.45) is 0 Å². The Bertz CT molecular complexity index is 93.9. The van der Waals surface area contributed by atoms with Gasteiger partial charge in [0.2, 0.25) is 0 Å². The van der Waals surface area contributed by atoms with Crippen LogP contribution in [0, 0.1) is 0 Å². The molecule has 0 aliphatic carbocycles. The molecule has 1 atom stereocenters. The van der Waals surface area contributed by atoms with Crippen molar-refractivity contribution in [1.82, 2.24) is 0 Å². The number of aliphatic hydroxyl groups excluding tert-OH is 2. The highest BCUT2D eigenvalue weighted by Gasteiger charge is 1.81. The normalized spacial score (nSPS) is 11.7. The van der Waals surface area contributed by atoms with Crippen molar-refractivity contribution in [1.29, 1.82) is 0 Å². The third kappa shape index (κ3) is 22.5. The minimum atomic E-state index is -2.32. The molecule has 6 heteroatoms. The van der Waals surface area contributed by atoms with E-state index in [4.69, 9.17) is 19.0 Å². The molecule has 5 nitrogen and oxygen atoms in total. The van der Waals surface area contributed by atoms with Crippen molar-refractivity contribution in [2.75, 3.05) is 20.3 Å². The summed E-state index contributed by atoms with van der Waals surface area (Å²) in [7, 11) is 1.09. The monoisotopic (exact) mass is 199 g/mol. The Balaban J connectivity index is 0. The largest absolute Gasteiger partial charge is 0.750 e. The van der Waals surface area contributed by atoms with E-state index in [1.165, 1.54) is 0 Å². The van der Waals surface area contributed by atoms with E-state index in [9.17, 15) is 0 Å². The standard InChI is InChI=1S/C5H12O2.CH4O3S/c6-4-2-1-3-5-7;1-4-5(2)3/h6-7H,1-5H2;1H3,(H,2,3)/p-1. The lowest BCUT2D eigenvalue weighted by atomic mass is 10.2. The van der Waals surface area contributed by atoms with E-state index >= 15 is 0 Å². The maximum atomic E-state index is 9.15. The zero-order chi connectivity index (χ0) is 9.82. The molecule has 0 aromatic rings. The van der Waals surface area contributed by atoms with E-state index < -0.39 is 11.4 Å². The van der Waals surface area contributed by atoms with Crippen LogP contribution in [0.3, 0.4) is 0 Å². The highest BCUT2D eigenvalue weighted by atomic mass is 32.2. The second-order valence-corrected chi connectivity index (χ2v) is 2.62. The molecule has 0 aromatic carbocycles. The first-order valence-corrected chi connectivity index (χ1v) is 4.54. The van der Waals surface area contributed by atoms with Gasteiger partial charge in [0.15, 0.2) is 0 Å². The average molecular weight is 199 g/mol. The van der Waals surface area contributed by atoms with Gasteiger partial charge in [-0.05, 0) is 19.3 Å². The third-order valence-corrected chi connectivity index (χ3v) is 1.22. The molecule has 0 rings (SSSR count). The second-order valence-electron chi connectivity index (χ2n) is 1.88. The SMILES string of the molecule is COS(=O)[O-].OCCCCCO. The molecule has 0 radical (unpaired) electrons. The first-order valence-electron chi connectivity index (χ1n) is 3.54. The van der Waals surface area contributed by atoms with Gasteiger partial charge in [-0.1, -0.05) is 0 Å². The average Bonchev–Trinajstić information content (AvgIpc) is 2.07. The molecule has 0 saturated carbocycles. The summed E-state index contributed by atoms with van der Waals surface area (Å²) in [5.74, 6) is 0. The zero-order valence-corrected chi connectivity index (χ0v) is 7.88. The molecule has 12 heavy (non-hydrogen) atoms. The van der Waals surface area contributed by atoms with Gasteiger partial charge >= 0.3 is 0 Å². The predicted molar refractivity (Wildman–Crippen MR) is 44.0 cm³/mol. The molecule has 1 unspecified atom stereocenters. The summed E-state index contributed by atoms with van der Waals surface area (Å²) >= 11 is -2.32. The van der Waals surface area contributed by atoms with E-state index in [0.29, 0.717) is 0 Å². The van der Waals surface area contributed by atoms with Gasteiger partial charge in [-0.2, -0.15) is 0 Å². The summed E-state index contributed by atoms with van der Waals surface area (Å²) < 4.78 is 22.0. The van der Waals surface area contributed by atoms with Crippen LogP contribution in [-0.2, 0) is 15.5 Å². The smallest absolute Gasteiger partial charge is 0.0839 e. The number of unbranched alkanes of at least 4 members (excludes halogenated alkanes) is 2. The minimum Gasteiger partial charge on any atom is -0.750 e. The van der Waals surface area contributed by atoms with Crippen LogP contribution in [0.25, 0.3) is 0 Å². The van der Waals surface area contributed by atoms with Gasteiger partial charge < -0.3 is 18.9 Å². The maximum Gasteiger partial charge on any atom is 0.0839 e. The lowest BCUT2D eigenvalue weighted by Crippen LogP contribution is -1.85. The molecule has 0 heterocycles. The number of aliphatic hydroxyl groups is 2. The fraction of sp³-hybridized carbons (Fsp3) is 1.00. The predicted octanol–water partition coefficient (Wildman–Crippen LogP) is -0.432. The summed E-state index contributed by atoms with van der Waals surface area (Å²) in [6, 6.07) is 0. The summed E-state index contributed by atoms with van der Waals surface area (Å²) in [5, 5.41) is 16.4. The number of rotatable bonds is 5. The molecule has 0 saturated heterocycles. The minimum absolute atomic E-state index is 0.250. The summed E-state index contributed by atoms with van der Waals surface area (Å²) in [6.07, 6.45) is 2.58. The molecule has 0 aromatic heterocycles. The van der Waals surface area contributed by atoms with Crippen LogP contribution in [0.1, 0.15) is 19.3 Å². The maximum absolute atomic E-state index is 9.15. The Hall–Kier alpha value is -0.0100. The molecule has 0 spiro atoms. The first kappa shape index (κ1) is 14.5. The van der Waals surface area contributed by atoms with E-state index in [0.717, 1.165) is 26.4 Å². The van der Waals surface area contributed by atoms with Gasteiger partial charge in [0.05, 0.1) is 18.5 Å². The molecule has 0 bridgehead atoms. The second kappa shape index (κ2) is 13.6. The third-order valence-electron chi connectivity index (χ3n) is 0.952. The Morgan fingerprint density at radius 1 is 1.25 bits per heavy atom. The molecule has 0 amide bonds. The van der Waals surface area contributed by atoms with E-state index in [-0.39, 0.29) is 13.2 Å². The first-order chi connectivity index (χ1) is 5.68.